The van der Waals surface area contributed by atoms with Crippen molar-refractivity contribution >= 4 is 5.69 Å². The van der Waals surface area contributed by atoms with Crippen molar-refractivity contribution in [3.8, 4) is 0 Å². The quantitative estimate of drug-likeness (QED) is 0.794. The highest BCUT2D eigenvalue weighted by molar-refractivity contribution is 5.40. The average Bonchev–Trinajstić information content (AvgIpc) is 2.25. The second-order valence-corrected chi connectivity index (χ2v) is 4.39. The molecule has 1 aromatic rings. The molecule has 0 aliphatic rings. The minimum absolute atomic E-state index is 0.0339. The smallest absolute Gasteiger partial charge is 0.390 e. The molecule has 0 amide bonds. The second kappa shape index (κ2) is 6.64. The molecule has 1 rings (SSSR count). The number of benzene rings is 1. The number of nitrogen functional groups attached to an aromatic ring is 1. The van der Waals surface area contributed by atoms with Crippen LogP contribution in [-0.2, 0) is 6.54 Å². The molecule has 0 spiro atoms. The van der Waals surface area contributed by atoms with Crippen LogP contribution in [0.25, 0.3) is 0 Å². The lowest BCUT2D eigenvalue weighted by Gasteiger charge is -2.22. The molecule has 0 aliphatic carbocycles. The highest BCUT2D eigenvalue weighted by Crippen LogP contribution is 2.20. The Morgan fingerprint density at radius 2 is 1.94 bits per heavy atom. The fourth-order valence-corrected chi connectivity index (χ4v) is 1.82. The summed E-state index contributed by atoms with van der Waals surface area (Å²) in [4.78, 5) is 1.81. The maximum Gasteiger partial charge on any atom is 0.390 e. The van der Waals surface area contributed by atoms with Gasteiger partial charge in [-0.15, -0.1) is 0 Å². The van der Waals surface area contributed by atoms with Crippen LogP contribution in [0.15, 0.2) is 24.3 Å². The van der Waals surface area contributed by atoms with Gasteiger partial charge in [0.1, 0.15) is 0 Å². The van der Waals surface area contributed by atoms with Gasteiger partial charge in [0.2, 0.25) is 0 Å². The highest BCUT2D eigenvalue weighted by atomic mass is 19.4. The van der Waals surface area contributed by atoms with Crippen molar-refractivity contribution in [1.29, 1.82) is 0 Å². The Morgan fingerprint density at radius 3 is 2.50 bits per heavy atom. The number of nitrogens with two attached hydrogens (primary N) is 1. The van der Waals surface area contributed by atoms with E-state index in [1.54, 1.807) is 12.1 Å². The van der Waals surface area contributed by atoms with Gasteiger partial charge >= 0.3 is 6.18 Å². The Bertz CT molecular complexity index is 363. The van der Waals surface area contributed by atoms with Gasteiger partial charge in [0.25, 0.3) is 0 Å². The highest BCUT2D eigenvalue weighted by Gasteiger charge is 2.27. The number of anilines is 1. The molecule has 2 N–H and O–H groups in total. The largest absolute Gasteiger partial charge is 0.399 e. The van der Waals surface area contributed by atoms with Crippen molar-refractivity contribution in [2.75, 3.05) is 18.8 Å². The lowest BCUT2D eigenvalue weighted by molar-refractivity contribution is -0.138. The van der Waals surface area contributed by atoms with E-state index in [0.717, 1.165) is 12.0 Å². The minimum Gasteiger partial charge on any atom is -0.399 e. The Labute approximate surface area is 106 Å². The van der Waals surface area contributed by atoms with E-state index in [1.807, 2.05) is 24.0 Å². The molecule has 0 aromatic heterocycles. The van der Waals surface area contributed by atoms with Crippen LogP contribution in [0.1, 0.15) is 25.3 Å². The van der Waals surface area contributed by atoms with Gasteiger partial charge in [-0.05, 0) is 30.7 Å². The van der Waals surface area contributed by atoms with Gasteiger partial charge in [0.05, 0.1) is 6.42 Å². The summed E-state index contributed by atoms with van der Waals surface area (Å²) in [5, 5.41) is 0. The fraction of sp³-hybridized carbons (Fsp3) is 0.538. The van der Waals surface area contributed by atoms with Crippen LogP contribution in [0, 0.1) is 0 Å². The molecule has 0 heterocycles. The molecule has 1 aromatic carbocycles. The molecule has 0 atom stereocenters. The van der Waals surface area contributed by atoms with Gasteiger partial charge in [-0.3, -0.25) is 4.90 Å². The van der Waals surface area contributed by atoms with Crippen molar-refractivity contribution < 1.29 is 13.2 Å². The summed E-state index contributed by atoms with van der Waals surface area (Å²) in [6.07, 6.45) is -4.03. The van der Waals surface area contributed by atoms with E-state index in [-0.39, 0.29) is 6.54 Å². The standard InChI is InChI=1S/C13H19F3N2/c1-2-7-18(8-6-13(14,15)16)10-11-4-3-5-12(17)9-11/h3-5,9H,2,6-8,10,17H2,1H3. The summed E-state index contributed by atoms with van der Waals surface area (Å²) in [5.74, 6) is 0. The third kappa shape index (κ3) is 5.91. The van der Waals surface area contributed by atoms with E-state index in [1.165, 1.54) is 0 Å². The van der Waals surface area contributed by atoms with Crippen molar-refractivity contribution in [2.24, 2.45) is 0 Å². The number of hydrogen-bond acceptors (Lipinski definition) is 2. The number of rotatable bonds is 6. The zero-order valence-corrected chi connectivity index (χ0v) is 10.5. The molecule has 0 saturated heterocycles. The zero-order valence-electron chi connectivity index (χ0n) is 10.5. The monoisotopic (exact) mass is 260 g/mol. The molecule has 0 saturated carbocycles. The van der Waals surface area contributed by atoms with Crippen LogP contribution in [0.4, 0.5) is 18.9 Å². The van der Waals surface area contributed by atoms with Crippen molar-refractivity contribution in [2.45, 2.75) is 32.5 Å². The van der Waals surface area contributed by atoms with Gasteiger partial charge < -0.3 is 5.73 Å². The van der Waals surface area contributed by atoms with Crippen LogP contribution >= 0.6 is 0 Å². The molecule has 0 aliphatic heterocycles. The third-order valence-corrected chi connectivity index (χ3v) is 2.61. The second-order valence-electron chi connectivity index (χ2n) is 4.39. The molecule has 102 valence electrons. The maximum absolute atomic E-state index is 12.2. The van der Waals surface area contributed by atoms with Crippen LogP contribution in [0.3, 0.4) is 0 Å². The number of alkyl halides is 3. The van der Waals surface area contributed by atoms with Crippen LogP contribution in [0.2, 0.25) is 0 Å². The molecular weight excluding hydrogens is 241 g/mol. The summed E-state index contributed by atoms with van der Waals surface area (Å²) in [6, 6.07) is 7.27. The van der Waals surface area contributed by atoms with E-state index in [0.29, 0.717) is 18.8 Å². The summed E-state index contributed by atoms with van der Waals surface area (Å²) in [5.41, 5.74) is 7.24. The first-order chi connectivity index (χ1) is 8.40. The maximum atomic E-state index is 12.2. The minimum atomic E-state index is -4.10. The molecule has 0 radical (unpaired) electrons. The number of nitrogens with zero attached hydrogens (tertiary/aromatic N) is 1. The summed E-state index contributed by atoms with van der Waals surface area (Å²) >= 11 is 0. The van der Waals surface area contributed by atoms with Gasteiger partial charge in [-0.2, -0.15) is 13.2 Å². The van der Waals surface area contributed by atoms with E-state index in [4.69, 9.17) is 5.73 Å². The Balaban J connectivity index is 2.57. The predicted molar refractivity (Wildman–Crippen MR) is 67.1 cm³/mol. The molecule has 0 unspecified atom stereocenters. The average molecular weight is 260 g/mol. The SMILES string of the molecule is CCCN(CCC(F)(F)F)Cc1cccc(N)c1. The zero-order chi connectivity index (χ0) is 13.6. The molecule has 18 heavy (non-hydrogen) atoms. The molecular formula is C13H19F3N2. The molecule has 2 nitrogen and oxygen atoms in total. The number of halogens is 3. The van der Waals surface area contributed by atoms with Gasteiger partial charge in [0.15, 0.2) is 0 Å². The normalized spacial score (nSPS) is 12.1. The predicted octanol–water partition coefficient (Wildman–Crippen LogP) is 3.43. The van der Waals surface area contributed by atoms with E-state index in [9.17, 15) is 13.2 Å². The van der Waals surface area contributed by atoms with E-state index >= 15 is 0 Å². The van der Waals surface area contributed by atoms with Crippen LogP contribution in [-0.4, -0.2) is 24.2 Å². The van der Waals surface area contributed by atoms with Gasteiger partial charge in [-0.25, -0.2) is 0 Å². The fourth-order valence-electron chi connectivity index (χ4n) is 1.82. The first-order valence-corrected chi connectivity index (χ1v) is 6.04. The number of hydrogen-bond donors (Lipinski definition) is 1. The first-order valence-electron chi connectivity index (χ1n) is 6.04. The summed E-state index contributed by atoms with van der Waals surface area (Å²) < 4.78 is 36.6. The van der Waals surface area contributed by atoms with Gasteiger partial charge in [-0.1, -0.05) is 19.1 Å². The Hall–Kier alpha value is -1.23. The third-order valence-electron chi connectivity index (χ3n) is 2.61. The van der Waals surface area contributed by atoms with Crippen LogP contribution < -0.4 is 5.73 Å². The topological polar surface area (TPSA) is 29.3 Å². The lowest BCUT2D eigenvalue weighted by Crippen LogP contribution is -2.28. The Morgan fingerprint density at radius 1 is 1.22 bits per heavy atom. The van der Waals surface area contributed by atoms with Crippen molar-refractivity contribution in [3.05, 3.63) is 29.8 Å². The van der Waals surface area contributed by atoms with E-state index < -0.39 is 12.6 Å². The molecule has 5 heteroatoms. The van der Waals surface area contributed by atoms with Crippen molar-refractivity contribution in [1.82, 2.24) is 4.90 Å². The molecule has 0 fully saturated rings. The van der Waals surface area contributed by atoms with E-state index in [2.05, 4.69) is 0 Å². The lowest BCUT2D eigenvalue weighted by atomic mass is 10.2. The summed E-state index contributed by atoms with van der Waals surface area (Å²) in [6.45, 7) is 3.16. The van der Waals surface area contributed by atoms with Gasteiger partial charge in [0, 0.05) is 18.8 Å². The van der Waals surface area contributed by atoms with Crippen LogP contribution in [0.5, 0.6) is 0 Å². The Kier molecular flexibility index (Phi) is 5.47. The van der Waals surface area contributed by atoms with Crippen molar-refractivity contribution in [3.63, 3.8) is 0 Å². The summed E-state index contributed by atoms with van der Waals surface area (Å²) in [7, 11) is 0. The molecule has 0 bridgehead atoms. The first kappa shape index (κ1) is 14.8.